The molecule has 2 aromatic rings. The lowest BCUT2D eigenvalue weighted by Crippen LogP contribution is -2.39. The van der Waals surface area contributed by atoms with E-state index in [1.165, 1.54) is 6.07 Å². The van der Waals surface area contributed by atoms with Crippen LogP contribution in [0.1, 0.15) is 29.8 Å². The third-order valence-corrected chi connectivity index (χ3v) is 4.32. The zero-order chi connectivity index (χ0) is 17.1. The number of carboxylic acids is 1. The number of hydrogen-bond acceptors (Lipinski definition) is 3. The summed E-state index contributed by atoms with van der Waals surface area (Å²) in [6.07, 6.45) is 1.49. The molecule has 0 bridgehead atoms. The SMILES string of the molecule is O=C(O)CC1CCN(C(=O)c2cc(-c3ccccc3F)n[nH]2)CC1. The maximum Gasteiger partial charge on any atom is 0.303 e. The van der Waals surface area contributed by atoms with Crippen LogP contribution in [0.15, 0.2) is 30.3 Å². The number of hydrogen-bond donors (Lipinski definition) is 2. The van der Waals surface area contributed by atoms with Crippen LogP contribution < -0.4 is 0 Å². The first kappa shape index (κ1) is 16.2. The molecule has 1 aliphatic rings. The second kappa shape index (κ2) is 6.82. The molecule has 0 radical (unpaired) electrons. The topological polar surface area (TPSA) is 86.3 Å². The highest BCUT2D eigenvalue weighted by Gasteiger charge is 2.26. The lowest BCUT2D eigenvalue weighted by Gasteiger charge is -2.30. The smallest absolute Gasteiger partial charge is 0.303 e. The fourth-order valence-corrected chi connectivity index (χ4v) is 3.00. The van der Waals surface area contributed by atoms with Gasteiger partial charge in [0.15, 0.2) is 0 Å². The average Bonchev–Trinajstić information content (AvgIpc) is 3.04. The van der Waals surface area contributed by atoms with E-state index in [4.69, 9.17) is 5.11 Å². The first-order valence-electron chi connectivity index (χ1n) is 7.86. The molecule has 0 atom stereocenters. The first-order valence-corrected chi connectivity index (χ1v) is 7.86. The maximum atomic E-state index is 13.8. The molecule has 0 aliphatic carbocycles. The second-order valence-corrected chi connectivity index (χ2v) is 5.98. The summed E-state index contributed by atoms with van der Waals surface area (Å²) in [5.74, 6) is -1.28. The lowest BCUT2D eigenvalue weighted by molar-refractivity contribution is -0.138. The van der Waals surface area contributed by atoms with E-state index in [1.54, 1.807) is 29.2 Å². The van der Waals surface area contributed by atoms with Gasteiger partial charge in [-0.1, -0.05) is 12.1 Å². The Labute approximate surface area is 138 Å². The number of carbonyl (C=O) groups is 2. The number of nitrogens with one attached hydrogen (secondary N) is 1. The van der Waals surface area contributed by atoms with E-state index in [0.29, 0.717) is 42.9 Å². The molecule has 7 heteroatoms. The predicted octanol–water partition coefficient (Wildman–Crippen LogP) is 2.54. The van der Waals surface area contributed by atoms with Crippen LogP contribution in [0, 0.1) is 11.7 Å². The molecule has 1 aromatic heterocycles. The Morgan fingerprint density at radius 1 is 1.29 bits per heavy atom. The van der Waals surface area contributed by atoms with E-state index in [2.05, 4.69) is 10.2 Å². The summed E-state index contributed by atoms with van der Waals surface area (Å²) in [6.45, 7) is 1.04. The van der Waals surface area contributed by atoms with Gasteiger partial charge < -0.3 is 10.0 Å². The van der Waals surface area contributed by atoms with Crippen molar-refractivity contribution in [1.29, 1.82) is 0 Å². The van der Waals surface area contributed by atoms with Crippen molar-refractivity contribution in [2.24, 2.45) is 5.92 Å². The van der Waals surface area contributed by atoms with E-state index in [1.807, 2.05) is 0 Å². The molecule has 1 aromatic carbocycles. The number of nitrogens with zero attached hydrogens (tertiary/aromatic N) is 2. The number of piperidine rings is 1. The van der Waals surface area contributed by atoms with Crippen LogP contribution in [0.2, 0.25) is 0 Å². The van der Waals surface area contributed by atoms with Crippen molar-refractivity contribution in [2.45, 2.75) is 19.3 Å². The van der Waals surface area contributed by atoms with Gasteiger partial charge in [0.1, 0.15) is 11.5 Å². The normalized spacial score (nSPS) is 15.5. The van der Waals surface area contributed by atoms with Gasteiger partial charge in [-0.25, -0.2) is 4.39 Å². The molecule has 0 saturated carbocycles. The van der Waals surface area contributed by atoms with E-state index < -0.39 is 11.8 Å². The molecule has 2 N–H and O–H groups in total. The highest BCUT2D eigenvalue weighted by molar-refractivity contribution is 5.93. The van der Waals surface area contributed by atoms with E-state index in [-0.39, 0.29) is 18.2 Å². The van der Waals surface area contributed by atoms with Gasteiger partial charge in [0.05, 0.1) is 5.69 Å². The van der Waals surface area contributed by atoms with Crippen LogP contribution in [-0.4, -0.2) is 45.2 Å². The Hall–Kier alpha value is -2.70. The fraction of sp³-hybridized carbons (Fsp3) is 0.353. The number of aromatic nitrogens is 2. The molecule has 24 heavy (non-hydrogen) atoms. The van der Waals surface area contributed by atoms with Crippen LogP contribution in [0.4, 0.5) is 4.39 Å². The number of halogens is 1. The van der Waals surface area contributed by atoms with Gasteiger partial charge in [-0.3, -0.25) is 14.7 Å². The first-order chi connectivity index (χ1) is 11.5. The minimum Gasteiger partial charge on any atom is -0.481 e. The van der Waals surface area contributed by atoms with Crippen molar-refractivity contribution in [1.82, 2.24) is 15.1 Å². The fourth-order valence-electron chi connectivity index (χ4n) is 3.00. The van der Waals surface area contributed by atoms with Crippen molar-refractivity contribution >= 4 is 11.9 Å². The lowest BCUT2D eigenvalue weighted by atomic mass is 9.93. The number of carboxylic acid groups (broad SMARTS) is 1. The van der Waals surface area contributed by atoms with Gasteiger partial charge in [0.2, 0.25) is 0 Å². The van der Waals surface area contributed by atoms with Crippen LogP contribution in [0.5, 0.6) is 0 Å². The molecule has 6 nitrogen and oxygen atoms in total. The Morgan fingerprint density at radius 2 is 2.00 bits per heavy atom. The van der Waals surface area contributed by atoms with Gasteiger partial charge in [-0.15, -0.1) is 0 Å². The number of aromatic amines is 1. The highest BCUT2D eigenvalue weighted by Crippen LogP contribution is 2.24. The number of carbonyl (C=O) groups excluding carboxylic acids is 1. The molecular weight excluding hydrogens is 313 g/mol. The highest BCUT2D eigenvalue weighted by atomic mass is 19.1. The van der Waals surface area contributed by atoms with Crippen LogP contribution in [0.3, 0.4) is 0 Å². The quantitative estimate of drug-likeness (QED) is 0.901. The van der Waals surface area contributed by atoms with Gasteiger partial charge in [-0.2, -0.15) is 5.10 Å². The van der Waals surface area contributed by atoms with Crippen molar-refractivity contribution in [3.05, 3.63) is 41.8 Å². The van der Waals surface area contributed by atoms with Gasteiger partial charge in [-0.05, 0) is 37.0 Å². The van der Waals surface area contributed by atoms with Crippen LogP contribution in [0.25, 0.3) is 11.3 Å². The van der Waals surface area contributed by atoms with Crippen molar-refractivity contribution in [2.75, 3.05) is 13.1 Å². The van der Waals surface area contributed by atoms with E-state index in [0.717, 1.165) is 0 Å². The summed E-state index contributed by atoms with van der Waals surface area (Å²) in [7, 11) is 0. The Balaban J connectivity index is 1.67. The van der Waals surface area contributed by atoms with Crippen molar-refractivity contribution in [3.63, 3.8) is 0 Å². The Kier molecular flexibility index (Phi) is 4.59. The largest absolute Gasteiger partial charge is 0.481 e. The van der Waals surface area contributed by atoms with Crippen LogP contribution >= 0.6 is 0 Å². The maximum absolute atomic E-state index is 13.8. The summed E-state index contributed by atoms with van der Waals surface area (Å²) < 4.78 is 13.8. The summed E-state index contributed by atoms with van der Waals surface area (Å²) in [6, 6.07) is 7.81. The molecule has 2 heterocycles. The van der Waals surface area contributed by atoms with E-state index >= 15 is 0 Å². The molecule has 1 fully saturated rings. The number of H-pyrrole nitrogens is 1. The average molecular weight is 331 g/mol. The molecule has 1 amide bonds. The molecule has 1 saturated heterocycles. The number of amides is 1. The summed E-state index contributed by atoms with van der Waals surface area (Å²) in [5, 5.41) is 15.5. The third-order valence-electron chi connectivity index (χ3n) is 4.32. The Bertz CT molecular complexity index is 751. The second-order valence-electron chi connectivity index (χ2n) is 5.98. The minimum absolute atomic E-state index is 0.113. The molecule has 1 aliphatic heterocycles. The van der Waals surface area contributed by atoms with Crippen molar-refractivity contribution in [3.8, 4) is 11.3 Å². The van der Waals surface area contributed by atoms with Gasteiger partial charge in [0, 0.05) is 25.1 Å². The summed E-state index contributed by atoms with van der Waals surface area (Å²) >= 11 is 0. The number of aliphatic carboxylic acids is 1. The zero-order valence-corrected chi connectivity index (χ0v) is 13.0. The monoisotopic (exact) mass is 331 g/mol. The number of rotatable bonds is 4. The molecular formula is C17H18FN3O3. The number of benzene rings is 1. The minimum atomic E-state index is -0.803. The molecule has 3 rings (SSSR count). The molecule has 126 valence electrons. The van der Waals surface area contributed by atoms with Gasteiger partial charge in [0.25, 0.3) is 5.91 Å². The van der Waals surface area contributed by atoms with Gasteiger partial charge >= 0.3 is 5.97 Å². The third kappa shape index (κ3) is 3.45. The number of likely N-dealkylation sites (tertiary alicyclic amines) is 1. The zero-order valence-electron chi connectivity index (χ0n) is 13.0. The summed E-state index contributed by atoms with van der Waals surface area (Å²) in [4.78, 5) is 24.9. The standard InChI is InChI=1S/C17H18FN3O3/c18-13-4-2-1-3-12(13)14-10-15(20-19-14)17(24)21-7-5-11(6-8-21)9-16(22)23/h1-4,10-11H,5-9H2,(H,19,20)(H,22,23). The Morgan fingerprint density at radius 3 is 2.67 bits per heavy atom. The van der Waals surface area contributed by atoms with E-state index in [9.17, 15) is 14.0 Å². The van der Waals surface area contributed by atoms with Crippen LogP contribution in [-0.2, 0) is 4.79 Å². The predicted molar refractivity (Wildman–Crippen MR) is 84.9 cm³/mol. The summed E-state index contributed by atoms with van der Waals surface area (Å²) in [5.41, 5.74) is 1.04. The molecule has 0 unspecified atom stereocenters. The molecule has 0 spiro atoms. The van der Waals surface area contributed by atoms with Crippen molar-refractivity contribution < 1.29 is 19.1 Å².